The van der Waals surface area contributed by atoms with Crippen molar-refractivity contribution in [3.8, 4) is 0 Å². The van der Waals surface area contributed by atoms with Gasteiger partial charge in [-0.15, -0.1) is 11.8 Å². The first-order valence-electron chi connectivity index (χ1n) is 6.04. The van der Waals surface area contributed by atoms with E-state index in [1.165, 1.54) is 4.90 Å². The topological polar surface area (TPSA) is 37.4 Å². The van der Waals surface area contributed by atoms with Crippen LogP contribution in [0, 0.1) is 11.8 Å². The van der Waals surface area contributed by atoms with E-state index in [9.17, 15) is 9.59 Å². The number of thioether (sulfide) groups is 1. The van der Waals surface area contributed by atoms with Crippen molar-refractivity contribution < 1.29 is 9.59 Å². The van der Waals surface area contributed by atoms with E-state index < -0.39 is 0 Å². The van der Waals surface area contributed by atoms with Gasteiger partial charge in [0, 0.05) is 10.5 Å². The van der Waals surface area contributed by atoms with Gasteiger partial charge >= 0.3 is 0 Å². The molecule has 0 N–H and O–H groups in total. The Hall–Kier alpha value is -1.55. The molecule has 0 aliphatic carbocycles. The van der Waals surface area contributed by atoms with Crippen LogP contribution in [0.4, 0.5) is 5.69 Å². The van der Waals surface area contributed by atoms with E-state index in [1.807, 2.05) is 30.3 Å². The van der Waals surface area contributed by atoms with E-state index in [4.69, 9.17) is 0 Å². The molecule has 2 fully saturated rings. The van der Waals surface area contributed by atoms with Crippen LogP contribution in [-0.2, 0) is 9.59 Å². The van der Waals surface area contributed by atoms with Crippen molar-refractivity contribution in [3.05, 3.63) is 42.5 Å². The Morgan fingerprint density at radius 3 is 2.00 bits per heavy atom. The molecule has 3 heterocycles. The molecule has 4 rings (SSSR count). The van der Waals surface area contributed by atoms with Gasteiger partial charge in [0.05, 0.1) is 17.5 Å². The van der Waals surface area contributed by atoms with Gasteiger partial charge in [-0.05, 0) is 12.1 Å². The van der Waals surface area contributed by atoms with Gasteiger partial charge in [0.15, 0.2) is 0 Å². The highest BCUT2D eigenvalue weighted by molar-refractivity contribution is 8.01. The van der Waals surface area contributed by atoms with Gasteiger partial charge in [0.25, 0.3) is 0 Å². The number of carbonyl (C=O) groups is 2. The summed E-state index contributed by atoms with van der Waals surface area (Å²) in [6.07, 6.45) is 4.16. The number of carbonyl (C=O) groups excluding carboxylic acids is 2. The maximum Gasteiger partial charge on any atom is 0.239 e. The minimum absolute atomic E-state index is 0.0273. The van der Waals surface area contributed by atoms with E-state index >= 15 is 0 Å². The molecule has 0 saturated carbocycles. The molecule has 90 valence electrons. The third kappa shape index (κ3) is 1.16. The zero-order valence-electron chi connectivity index (χ0n) is 9.52. The molecule has 2 amide bonds. The lowest BCUT2D eigenvalue weighted by Gasteiger charge is -2.16. The van der Waals surface area contributed by atoms with Crippen LogP contribution >= 0.6 is 11.8 Å². The van der Waals surface area contributed by atoms with E-state index in [0.29, 0.717) is 5.69 Å². The Morgan fingerprint density at radius 1 is 0.889 bits per heavy atom. The highest BCUT2D eigenvalue weighted by Gasteiger charge is 2.60. The number of fused-ring (bicyclic) bond motifs is 5. The smallest absolute Gasteiger partial charge is 0.239 e. The Morgan fingerprint density at radius 2 is 1.44 bits per heavy atom. The Kier molecular flexibility index (Phi) is 2.01. The van der Waals surface area contributed by atoms with Crippen molar-refractivity contribution in [2.75, 3.05) is 4.90 Å². The molecule has 4 atom stereocenters. The minimum Gasteiger partial charge on any atom is -0.274 e. The number of rotatable bonds is 1. The number of anilines is 1. The summed E-state index contributed by atoms with van der Waals surface area (Å²) >= 11 is 1.75. The van der Waals surface area contributed by atoms with Gasteiger partial charge in [-0.25, -0.2) is 4.90 Å². The van der Waals surface area contributed by atoms with Crippen molar-refractivity contribution in [2.45, 2.75) is 10.5 Å². The first kappa shape index (κ1) is 10.4. The summed E-state index contributed by atoms with van der Waals surface area (Å²) in [6, 6.07) is 9.23. The lowest BCUT2D eigenvalue weighted by atomic mass is 9.85. The Bertz CT molecular complexity index is 538. The summed E-state index contributed by atoms with van der Waals surface area (Å²) in [5.74, 6) is -0.337. The highest BCUT2D eigenvalue weighted by atomic mass is 32.2. The molecule has 18 heavy (non-hydrogen) atoms. The van der Waals surface area contributed by atoms with Gasteiger partial charge in [-0.3, -0.25) is 9.59 Å². The van der Waals surface area contributed by atoms with E-state index in [2.05, 4.69) is 12.2 Å². The SMILES string of the molecule is O=C1C2C3C=CC(S3)C2C(=O)N1c1ccccc1. The van der Waals surface area contributed by atoms with Crippen molar-refractivity contribution in [3.63, 3.8) is 0 Å². The molecule has 4 unspecified atom stereocenters. The summed E-state index contributed by atoms with van der Waals surface area (Å²) in [7, 11) is 0. The summed E-state index contributed by atoms with van der Waals surface area (Å²) in [5.41, 5.74) is 0.700. The zero-order chi connectivity index (χ0) is 12.3. The highest BCUT2D eigenvalue weighted by Crippen LogP contribution is 2.53. The van der Waals surface area contributed by atoms with Crippen molar-refractivity contribution in [2.24, 2.45) is 11.8 Å². The monoisotopic (exact) mass is 257 g/mol. The third-order valence-electron chi connectivity index (χ3n) is 3.92. The molecule has 0 spiro atoms. The lowest BCUT2D eigenvalue weighted by Crippen LogP contribution is -2.33. The standard InChI is InChI=1S/C14H11NO2S/c16-13-11-9-6-7-10(18-9)12(11)14(17)15(13)8-4-2-1-3-5-8/h1-7,9-12H. The predicted molar refractivity (Wildman–Crippen MR) is 70.2 cm³/mol. The quantitative estimate of drug-likeness (QED) is 0.569. The average molecular weight is 257 g/mol. The fourth-order valence-electron chi connectivity index (χ4n) is 3.14. The first-order valence-corrected chi connectivity index (χ1v) is 6.98. The number of para-hydroxylation sites is 1. The van der Waals surface area contributed by atoms with Crippen LogP contribution in [0.15, 0.2) is 42.5 Å². The van der Waals surface area contributed by atoms with Crippen LogP contribution in [0.5, 0.6) is 0 Å². The molecular formula is C14H11NO2S. The van der Waals surface area contributed by atoms with Crippen molar-refractivity contribution in [1.29, 1.82) is 0 Å². The van der Waals surface area contributed by atoms with Crippen LogP contribution in [0.25, 0.3) is 0 Å². The molecule has 0 radical (unpaired) electrons. The second kappa shape index (κ2) is 3.48. The Labute approximate surface area is 109 Å². The molecule has 2 bridgehead atoms. The number of hydrogen-bond donors (Lipinski definition) is 0. The van der Waals surface area contributed by atoms with Crippen LogP contribution in [0.2, 0.25) is 0 Å². The molecular weight excluding hydrogens is 246 g/mol. The maximum absolute atomic E-state index is 12.4. The second-order valence-electron chi connectivity index (χ2n) is 4.85. The number of amides is 2. The predicted octanol–water partition coefficient (Wildman–Crippen LogP) is 1.85. The van der Waals surface area contributed by atoms with Gasteiger partial charge in [-0.2, -0.15) is 0 Å². The van der Waals surface area contributed by atoms with Gasteiger partial charge in [0.2, 0.25) is 11.8 Å². The fraction of sp³-hybridized carbons (Fsp3) is 0.286. The normalized spacial score (nSPS) is 36.6. The summed E-state index contributed by atoms with van der Waals surface area (Å²) in [6.45, 7) is 0. The lowest BCUT2D eigenvalue weighted by molar-refractivity contribution is -0.122. The Balaban J connectivity index is 1.77. The van der Waals surface area contributed by atoms with Crippen LogP contribution < -0.4 is 4.90 Å². The van der Waals surface area contributed by atoms with Crippen LogP contribution in [0.1, 0.15) is 0 Å². The largest absolute Gasteiger partial charge is 0.274 e. The summed E-state index contributed by atoms with van der Waals surface area (Å²) < 4.78 is 0. The molecule has 3 aliphatic heterocycles. The average Bonchev–Trinajstić information content (AvgIpc) is 3.05. The number of benzene rings is 1. The van der Waals surface area contributed by atoms with E-state index in [1.54, 1.807) is 11.8 Å². The molecule has 4 heteroatoms. The summed E-state index contributed by atoms with van der Waals surface area (Å²) in [4.78, 5) is 26.3. The molecule has 2 saturated heterocycles. The molecule has 1 aromatic rings. The van der Waals surface area contributed by atoms with Crippen LogP contribution in [-0.4, -0.2) is 22.3 Å². The molecule has 1 aromatic carbocycles. The van der Waals surface area contributed by atoms with Gasteiger partial charge in [0.1, 0.15) is 0 Å². The fourth-order valence-corrected chi connectivity index (χ4v) is 4.77. The first-order chi connectivity index (χ1) is 8.77. The number of hydrogen-bond acceptors (Lipinski definition) is 3. The molecule has 3 nitrogen and oxygen atoms in total. The minimum atomic E-state index is -0.141. The zero-order valence-corrected chi connectivity index (χ0v) is 10.3. The third-order valence-corrected chi connectivity index (χ3v) is 5.45. The molecule has 0 aromatic heterocycles. The number of imide groups is 1. The number of nitrogens with zero attached hydrogens (tertiary/aromatic N) is 1. The van der Waals surface area contributed by atoms with Crippen molar-refractivity contribution >= 4 is 29.3 Å². The van der Waals surface area contributed by atoms with E-state index in [0.717, 1.165) is 0 Å². The molecule has 3 aliphatic rings. The van der Waals surface area contributed by atoms with Crippen LogP contribution in [0.3, 0.4) is 0 Å². The second-order valence-corrected chi connectivity index (χ2v) is 6.21. The van der Waals surface area contributed by atoms with Crippen molar-refractivity contribution in [1.82, 2.24) is 0 Å². The maximum atomic E-state index is 12.4. The summed E-state index contributed by atoms with van der Waals surface area (Å²) in [5, 5.41) is 0.398. The van der Waals surface area contributed by atoms with Gasteiger partial charge < -0.3 is 0 Å². The van der Waals surface area contributed by atoms with E-state index in [-0.39, 0.29) is 34.2 Å². The van der Waals surface area contributed by atoms with Gasteiger partial charge in [-0.1, -0.05) is 30.4 Å².